The number of aromatic amines is 1. The Hall–Kier alpha value is -1.81. The molecule has 0 aliphatic heterocycles. The largest absolute Gasteiger partial charge is 0.360 e. The van der Waals surface area contributed by atoms with Crippen LogP contribution in [0.25, 0.3) is 10.9 Å². The number of carbonyl (C=O) groups is 1. The number of nitrogens with one attached hydrogen (secondary N) is 2. The van der Waals surface area contributed by atoms with Gasteiger partial charge < -0.3 is 16.0 Å². The van der Waals surface area contributed by atoms with Gasteiger partial charge in [-0.05, 0) is 6.07 Å². The highest BCUT2D eigenvalue weighted by Gasteiger charge is 2.09. The standard InChI is InChI=1S/C11H13N3O/c12-5-6-13-11(15)9-7-14-10-4-2-1-3-8(9)10/h1-4,7,14H,5-6,12H2,(H,13,15). The molecule has 0 radical (unpaired) electrons. The highest BCUT2D eigenvalue weighted by molar-refractivity contribution is 6.06. The topological polar surface area (TPSA) is 70.9 Å². The van der Waals surface area contributed by atoms with E-state index in [1.165, 1.54) is 0 Å². The molecule has 0 unspecified atom stereocenters. The third kappa shape index (κ3) is 1.85. The SMILES string of the molecule is NCCNC(=O)c1c[nH]c2ccccc12. The number of hydrogen-bond acceptors (Lipinski definition) is 2. The molecular formula is C11H13N3O. The fourth-order valence-corrected chi connectivity index (χ4v) is 1.54. The van der Waals surface area contributed by atoms with Gasteiger partial charge in [0.1, 0.15) is 0 Å². The van der Waals surface area contributed by atoms with Crippen molar-refractivity contribution in [3.63, 3.8) is 0 Å². The molecule has 0 spiro atoms. The molecule has 0 fully saturated rings. The van der Waals surface area contributed by atoms with Gasteiger partial charge >= 0.3 is 0 Å². The van der Waals surface area contributed by atoms with Crippen molar-refractivity contribution in [1.82, 2.24) is 10.3 Å². The molecule has 0 saturated carbocycles. The zero-order valence-corrected chi connectivity index (χ0v) is 8.29. The van der Waals surface area contributed by atoms with Crippen LogP contribution in [0.1, 0.15) is 10.4 Å². The van der Waals surface area contributed by atoms with Gasteiger partial charge in [-0.3, -0.25) is 4.79 Å². The Kier molecular flexibility index (Phi) is 2.69. The number of nitrogens with two attached hydrogens (primary N) is 1. The van der Waals surface area contributed by atoms with Crippen LogP contribution in [0.4, 0.5) is 0 Å². The molecule has 4 nitrogen and oxygen atoms in total. The Bertz CT molecular complexity index is 475. The molecule has 15 heavy (non-hydrogen) atoms. The summed E-state index contributed by atoms with van der Waals surface area (Å²) in [5.74, 6) is -0.0853. The molecule has 0 atom stereocenters. The summed E-state index contributed by atoms with van der Waals surface area (Å²) in [5, 5.41) is 3.68. The molecule has 0 aliphatic rings. The molecule has 0 aliphatic carbocycles. The first-order chi connectivity index (χ1) is 7.33. The van der Waals surface area contributed by atoms with E-state index in [-0.39, 0.29) is 5.91 Å². The van der Waals surface area contributed by atoms with Crippen LogP contribution < -0.4 is 11.1 Å². The number of carbonyl (C=O) groups excluding carboxylic acids is 1. The van der Waals surface area contributed by atoms with Crippen molar-refractivity contribution in [2.45, 2.75) is 0 Å². The summed E-state index contributed by atoms with van der Waals surface area (Å²) in [6.07, 6.45) is 1.72. The van der Waals surface area contributed by atoms with E-state index < -0.39 is 0 Å². The number of amides is 1. The van der Waals surface area contributed by atoms with Gasteiger partial charge in [-0.15, -0.1) is 0 Å². The summed E-state index contributed by atoms with van der Waals surface area (Å²) in [7, 11) is 0. The summed E-state index contributed by atoms with van der Waals surface area (Å²) in [6, 6.07) is 7.70. The van der Waals surface area contributed by atoms with Gasteiger partial charge in [0.25, 0.3) is 5.91 Å². The van der Waals surface area contributed by atoms with Gasteiger partial charge in [-0.2, -0.15) is 0 Å². The molecule has 1 amide bonds. The van der Waals surface area contributed by atoms with Crippen LogP contribution in [-0.2, 0) is 0 Å². The van der Waals surface area contributed by atoms with Crippen molar-refractivity contribution >= 4 is 16.8 Å². The number of para-hydroxylation sites is 1. The Labute approximate surface area is 87.5 Å². The van der Waals surface area contributed by atoms with Crippen LogP contribution in [-0.4, -0.2) is 24.0 Å². The number of rotatable bonds is 3. The molecule has 4 heteroatoms. The Morgan fingerprint density at radius 3 is 3.00 bits per heavy atom. The maximum atomic E-state index is 11.7. The summed E-state index contributed by atoms with van der Waals surface area (Å²) < 4.78 is 0. The molecule has 2 rings (SSSR count). The van der Waals surface area contributed by atoms with E-state index in [0.717, 1.165) is 10.9 Å². The fourth-order valence-electron chi connectivity index (χ4n) is 1.54. The summed E-state index contributed by atoms with van der Waals surface area (Å²) in [5.41, 5.74) is 6.95. The smallest absolute Gasteiger partial charge is 0.253 e. The van der Waals surface area contributed by atoms with Gasteiger partial charge in [0.05, 0.1) is 5.56 Å². The van der Waals surface area contributed by atoms with Crippen LogP contribution in [0.5, 0.6) is 0 Å². The summed E-state index contributed by atoms with van der Waals surface area (Å²) in [4.78, 5) is 14.7. The maximum Gasteiger partial charge on any atom is 0.253 e. The lowest BCUT2D eigenvalue weighted by Gasteiger charge is -2.01. The lowest BCUT2D eigenvalue weighted by molar-refractivity contribution is 0.0956. The number of hydrogen-bond donors (Lipinski definition) is 3. The molecule has 1 aromatic carbocycles. The zero-order chi connectivity index (χ0) is 10.7. The van der Waals surface area contributed by atoms with Gasteiger partial charge in [-0.25, -0.2) is 0 Å². The van der Waals surface area contributed by atoms with Crippen molar-refractivity contribution in [2.24, 2.45) is 5.73 Å². The molecule has 78 valence electrons. The Morgan fingerprint density at radius 1 is 1.40 bits per heavy atom. The van der Waals surface area contributed by atoms with Crippen LogP contribution in [0.15, 0.2) is 30.5 Å². The third-order valence-corrected chi connectivity index (χ3v) is 2.26. The van der Waals surface area contributed by atoms with Crippen LogP contribution >= 0.6 is 0 Å². The van der Waals surface area contributed by atoms with E-state index in [9.17, 15) is 4.79 Å². The number of fused-ring (bicyclic) bond motifs is 1. The lowest BCUT2D eigenvalue weighted by Crippen LogP contribution is -2.28. The van der Waals surface area contributed by atoms with E-state index in [2.05, 4.69) is 10.3 Å². The minimum atomic E-state index is -0.0853. The molecule has 1 aromatic heterocycles. The Balaban J connectivity index is 2.31. The van der Waals surface area contributed by atoms with E-state index in [4.69, 9.17) is 5.73 Å². The van der Waals surface area contributed by atoms with Crippen molar-refractivity contribution < 1.29 is 4.79 Å². The van der Waals surface area contributed by atoms with Crippen molar-refractivity contribution in [3.8, 4) is 0 Å². The molecule has 2 aromatic rings. The minimum Gasteiger partial charge on any atom is -0.360 e. The molecule has 4 N–H and O–H groups in total. The van der Waals surface area contributed by atoms with E-state index >= 15 is 0 Å². The lowest BCUT2D eigenvalue weighted by atomic mass is 10.1. The predicted octanol–water partition coefficient (Wildman–Crippen LogP) is 0.856. The second-order valence-corrected chi connectivity index (χ2v) is 3.29. The molecule has 0 saturated heterocycles. The molecular weight excluding hydrogens is 190 g/mol. The van der Waals surface area contributed by atoms with Crippen molar-refractivity contribution in [2.75, 3.05) is 13.1 Å². The maximum absolute atomic E-state index is 11.7. The van der Waals surface area contributed by atoms with Gasteiger partial charge in [0, 0.05) is 30.2 Å². The van der Waals surface area contributed by atoms with Crippen LogP contribution in [0.3, 0.4) is 0 Å². The van der Waals surface area contributed by atoms with E-state index in [0.29, 0.717) is 18.7 Å². The average molecular weight is 203 g/mol. The van der Waals surface area contributed by atoms with Crippen molar-refractivity contribution in [3.05, 3.63) is 36.0 Å². The summed E-state index contributed by atoms with van der Waals surface area (Å²) in [6.45, 7) is 0.951. The molecule has 1 heterocycles. The first-order valence-corrected chi connectivity index (χ1v) is 4.87. The van der Waals surface area contributed by atoms with Crippen LogP contribution in [0, 0.1) is 0 Å². The van der Waals surface area contributed by atoms with E-state index in [1.54, 1.807) is 6.20 Å². The highest BCUT2D eigenvalue weighted by atomic mass is 16.1. The first-order valence-electron chi connectivity index (χ1n) is 4.87. The quantitative estimate of drug-likeness (QED) is 0.692. The summed E-state index contributed by atoms with van der Waals surface area (Å²) >= 11 is 0. The number of H-pyrrole nitrogens is 1. The second kappa shape index (κ2) is 4.14. The zero-order valence-electron chi connectivity index (χ0n) is 8.29. The normalized spacial score (nSPS) is 10.5. The van der Waals surface area contributed by atoms with Crippen molar-refractivity contribution in [1.29, 1.82) is 0 Å². The van der Waals surface area contributed by atoms with E-state index in [1.807, 2.05) is 24.3 Å². The van der Waals surface area contributed by atoms with Gasteiger partial charge in [0.15, 0.2) is 0 Å². The molecule has 0 bridgehead atoms. The number of benzene rings is 1. The third-order valence-electron chi connectivity index (χ3n) is 2.26. The van der Waals surface area contributed by atoms with Gasteiger partial charge in [0.2, 0.25) is 0 Å². The second-order valence-electron chi connectivity index (χ2n) is 3.29. The number of aromatic nitrogens is 1. The monoisotopic (exact) mass is 203 g/mol. The average Bonchev–Trinajstić information content (AvgIpc) is 2.69. The Morgan fingerprint density at radius 2 is 2.20 bits per heavy atom. The first kappa shape index (κ1) is 9.73. The van der Waals surface area contributed by atoms with Crippen LogP contribution in [0.2, 0.25) is 0 Å². The van der Waals surface area contributed by atoms with Gasteiger partial charge in [-0.1, -0.05) is 18.2 Å². The minimum absolute atomic E-state index is 0.0853. The predicted molar refractivity (Wildman–Crippen MR) is 59.7 cm³/mol. The fraction of sp³-hybridized carbons (Fsp3) is 0.182. The highest BCUT2D eigenvalue weighted by Crippen LogP contribution is 2.17.